The first-order chi connectivity index (χ1) is 21.5. The minimum Gasteiger partial charge on any atom is -0.339 e. The molecule has 0 bridgehead atoms. The summed E-state index contributed by atoms with van der Waals surface area (Å²) < 4.78 is 2.19. The van der Waals surface area contributed by atoms with Crippen molar-refractivity contribution in [2.45, 2.75) is 109 Å². The Balaban J connectivity index is 1.20. The van der Waals surface area contributed by atoms with E-state index in [1.54, 1.807) is 11.8 Å². The Kier molecular flexibility index (Phi) is 13.8. The number of para-hydroxylation sites is 1. The summed E-state index contributed by atoms with van der Waals surface area (Å²) in [5.41, 5.74) is 3.50. The lowest BCUT2D eigenvalue weighted by molar-refractivity contribution is -0.142. The fourth-order valence-corrected chi connectivity index (χ4v) is 6.94. The van der Waals surface area contributed by atoms with Crippen molar-refractivity contribution in [3.8, 4) is 5.69 Å². The SMILES string of the molecule is CCCCCCCCCC(=O)N1CCN(C(=O)CCCCSc2nnc(Cc3ccccc3)n2-c2ccccc2C)CC1C. The summed E-state index contributed by atoms with van der Waals surface area (Å²) in [7, 11) is 0. The Morgan fingerprint density at radius 1 is 0.818 bits per heavy atom. The molecule has 0 N–H and O–H groups in total. The summed E-state index contributed by atoms with van der Waals surface area (Å²) >= 11 is 1.71. The highest BCUT2D eigenvalue weighted by molar-refractivity contribution is 7.99. The number of thioether (sulfide) groups is 1. The molecule has 3 aromatic rings. The first-order valence-electron chi connectivity index (χ1n) is 16.7. The largest absolute Gasteiger partial charge is 0.339 e. The minimum absolute atomic E-state index is 0.0817. The van der Waals surface area contributed by atoms with E-state index < -0.39 is 0 Å². The van der Waals surface area contributed by atoms with E-state index in [-0.39, 0.29) is 17.9 Å². The predicted octanol–water partition coefficient (Wildman–Crippen LogP) is 7.63. The van der Waals surface area contributed by atoms with Gasteiger partial charge in [-0.2, -0.15) is 0 Å². The number of hydrogen-bond acceptors (Lipinski definition) is 5. The molecule has 1 aliphatic heterocycles. The van der Waals surface area contributed by atoms with E-state index in [9.17, 15) is 9.59 Å². The summed E-state index contributed by atoms with van der Waals surface area (Å²) in [4.78, 5) is 29.8. The second kappa shape index (κ2) is 18.0. The number of unbranched alkanes of at least 4 members (excludes halogenated alkanes) is 7. The Labute approximate surface area is 268 Å². The molecule has 0 spiro atoms. The molecule has 0 saturated carbocycles. The molecule has 8 heteroatoms. The van der Waals surface area contributed by atoms with Crippen LogP contribution in [0.25, 0.3) is 5.69 Å². The van der Waals surface area contributed by atoms with E-state index in [1.165, 1.54) is 43.2 Å². The molecular formula is C36H51N5O2S. The van der Waals surface area contributed by atoms with Gasteiger partial charge in [0.2, 0.25) is 11.8 Å². The molecule has 1 aliphatic rings. The fourth-order valence-electron chi connectivity index (χ4n) is 5.97. The number of carbonyl (C=O) groups is 2. The zero-order valence-electron chi connectivity index (χ0n) is 27.0. The van der Waals surface area contributed by atoms with Crippen LogP contribution in [0.5, 0.6) is 0 Å². The van der Waals surface area contributed by atoms with E-state index >= 15 is 0 Å². The van der Waals surface area contributed by atoms with E-state index in [2.05, 4.69) is 84.1 Å². The van der Waals surface area contributed by atoms with Crippen LogP contribution in [-0.2, 0) is 16.0 Å². The standard InChI is InChI=1S/C36H51N5O2S/c1-4-5-6-7-8-9-13-23-35(43)40-25-24-39(28-30(40)3)34(42)22-16-17-26-44-36-38-37-33(27-31-19-11-10-12-20-31)41(36)32-21-15-14-18-29(32)2/h10-12,14-15,18-21,30H,4-9,13,16-17,22-28H2,1-3H3. The highest BCUT2D eigenvalue weighted by atomic mass is 32.2. The highest BCUT2D eigenvalue weighted by Gasteiger charge is 2.29. The average Bonchev–Trinajstić information content (AvgIpc) is 3.42. The first-order valence-corrected chi connectivity index (χ1v) is 17.7. The number of hydrogen-bond donors (Lipinski definition) is 0. The molecule has 4 rings (SSSR count). The van der Waals surface area contributed by atoms with Crippen LogP contribution in [0.2, 0.25) is 0 Å². The summed E-state index contributed by atoms with van der Waals surface area (Å²) in [6, 6.07) is 18.8. The van der Waals surface area contributed by atoms with Gasteiger partial charge < -0.3 is 9.80 Å². The molecule has 2 heterocycles. The van der Waals surface area contributed by atoms with Gasteiger partial charge in [0.15, 0.2) is 5.16 Å². The predicted molar refractivity (Wildman–Crippen MR) is 180 cm³/mol. The zero-order chi connectivity index (χ0) is 31.1. The molecule has 44 heavy (non-hydrogen) atoms. The van der Waals surface area contributed by atoms with E-state index in [0.717, 1.165) is 48.1 Å². The smallest absolute Gasteiger partial charge is 0.222 e. The van der Waals surface area contributed by atoms with Crippen LogP contribution >= 0.6 is 11.8 Å². The van der Waals surface area contributed by atoms with Crippen molar-refractivity contribution in [3.63, 3.8) is 0 Å². The van der Waals surface area contributed by atoms with Gasteiger partial charge in [-0.25, -0.2) is 0 Å². The van der Waals surface area contributed by atoms with Crippen LogP contribution < -0.4 is 0 Å². The summed E-state index contributed by atoms with van der Waals surface area (Å²) in [6.07, 6.45) is 12.2. The third kappa shape index (κ3) is 9.94. The topological polar surface area (TPSA) is 71.3 Å². The molecule has 1 unspecified atom stereocenters. The maximum Gasteiger partial charge on any atom is 0.222 e. The Hall–Kier alpha value is -3.13. The van der Waals surface area contributed by atoms with Gasteiger partial charge in [-0.05, 0) is 50.3 Å². The average molecular weight is 618 g/mol. The number of piperazine rings is 1. The molecule has 2 aromatic carbocycles. The Bertz CT molecular complexity index is 1310. The highest BCUT2D eigenvalue weighted by Crippen LogP contribution is 2.26. The molecule has 7 nitrogen and oxygen atoms in total. The second-order valence-corrected chi connectivity index (χ2v) is 13.2. The molecule has 1 fully saturated rings. The summed E-state index contributed by atoms with van der Waals surface area (Å²) in [6.45, 7) is 8.37. The number of amides is 2. The molecule has 238 valence electrons. The van der Waals surface area contributed by atoms with Crippen molar-refractivity contribution in [3.05, 3.63) is 71.5 Å². The number of aryl methyl sites for hydroxylation is 1. The number of carbonyl (C=O) groups excluding carboxylic acids is 2. The van der Waals surface area contributed by atoms with Crippen LogP contribution in [0.4, 0.5) is 0 Å². The normalized spacial score (nSPS) is 15.1. The zero-order valence-corrected chi connectivity index (χ0v) is 27.9. The third-order valence-corrected chi connectivity index (χ3v) is 9.59. The van der Waals surface area contributed by atoms with Crippen molar-refractivity contribution in [2.75, 3.05) is 25.4 Å². The maximum atomic E-state index is 13.0. The quantitative estimate of drug-likeness (QED) is 0.115. The third-order valence-electron chi connectivity index (χ3n) is 8.57. The van der Waals surface area contributed by atoms with Gasteiger partial charge in [0.25, 0.3) is 0 Å². The van der Waals surface area contributed by atoms with Crippen molar-refractivity contribution in [1.82, 2.24) is 24.6 Å². The van der Waals surface area contributed by atoms with E-state index in [1.807, 2.05) is 15.9 Å². The Morgan fingerprint density at radius 2 is 1.50 bits per heavy atom. The van der Waals surface area contributed by atoms with Crippen LogP contribution in [0, 0.1) is 6.92 Å². The summed E-state index contributed by atoms with van der Waals surface area (Å²) in [5, 5.41) is 10.0. The van der Waals surface area contributed by atoms with Gasteiger partial charge in [0.05, 0.1) is 5.69 Å². The minimum atomic E-state index is 0.0817. The molecule has 0 radical (unpaired) electrons. The fraction of sp³-hybridized carbons (Fsp3) is 0.556. The van der Waals surface area contributed by atoms with E-state index in [0.29, 0.717) is 38.9 Å². The number of aromatic nitrogens is 3. The van der Waals surface area contributed by atoms with Crippen LogP contribution in [0.3, 0.4) is 0 Å². The Morgan fingerprint density at radius 3 is 2.25 bits per heavy atom. The number of benzene rings is 2. The molecule has 2 amide bonds. The van der Waals surface area contributed by atoms with Crippen molar-refractivity contribution >= 4 is 23.6 Å². The molecule has 1 atom stereocenters. The maximum absolute atomic E-state index is 13.0. The van der Waals surface area contributed by atoms with Gasteiger partial charge in [-0.3, -0.25) is 14.2 Å². The monoisotopic (exact) mass is 617 g/mol. The lowest BCUT2D eigenvalue weighted by Gasteiger charge is -2.40. The second-order valence-electron chi connectivity index (χ2n) is 12.1. The lowest BCUT2D eigenvalue weighted by atomic mass is 10.1. The molecule has 1 saturated heterocycles. The molecule has 1 aromatic heterocycles. The van der Waals surface area contributed by atoms with Gasteiger partial charge in [0, 0.05) is 50.7 Å². The van der Waals surface area contributed by atoms with Gasteiger partial charge in [-0.15, -0.1) is 10.2 Å². The van der Waals surface area contributed by atoms with Crippen LogP contribution in [0.15, 0.2) is 59.8 Å². The van der Waals surface area contributed by atoms with Gasteiger partial charge in [-0.1, -0.05) is 106 Å². The molecule has 0 aliphatic carbocycles. The van der Waals surface area contributed by atoms with Crippen LogP contribution in [-0.4, -0.2) is 67.8 Å². The molecular weight excluding hydrogens is 566 g/mol. The van der Waals surface area contributed by atoms with Crippen molar-refractivity contribution in [1.29, 1.82) is 0 Å². The van der Waals surface area contributed by atoms with Gasteiger partial charge in [0.1, 0.15) is 5.82 Å². The van der Waals surface area contributed by atoms with Crippen molar-refractivity contribution < 1.29 is 9.59 Å². The van der Waals surface area contributed by atoms with E-state index in [4.69, 9.17) is 0 Å². The number of nitrogens with zero attached hydrogens (tertiary/aromatic N) is 5. The lowest BCUT2D eigenvalue weighted by Crippen LogP contribution is -2.55. The van der Waals surface area contributed by atoms with Crippen molar-refractivity contribution in [2.24, 2.45) is 0 Å². The van der Waals surface area contributed by atoms with Crippen LogP contribution in [0.1, 0.15) is 101 Å². The first kappa shape index (κ1) is 33.8. The van der Waals surface area contributed by atoms with Gasteiger partial charge >= 0.3 is 0 Å². The summed E-state index contributed by atoms with van der Waals surface area (Å²) in [5.74, 6) is 2.26. The number of rotatable bonds is 17.